The summed E-state index contributed by atoms with van der Waals surface area (Å²) in [5.74, 6) is 1.03. The summed E-state index contributed by atoms with van der Waals surface area (Å²) in [4.78, 5) is 15.6. The Morgan fingerprint density at radius 3 is 2.80 bits per heavy atom. The highest BCUT2D eigenvalue weighted by atomic mass is 16.5. The summed E-state index contributed by atoms with van der Waals surface area (Å²) < 4.78 is 5.31. The average molecular weight is 263 g/mol. The molecule has 0 aliphatic rings. The van der Waals surface area contributed by atoms with Crippen LogP contribution in [0.3, 0.4) is 0 Å². The van der Waals surface area contributed by atoms with E-state index in [4.69, 9.17) is 4.52 Å². The van der Waals surface area contributed by atoms with Crippen LogP contribution >= 0.6 is 0 Å². The maximum atomic E-state index is 5.31. The van der Waals surface area contributed by atoms with Gasteiger partial charge in [-0.2, -0.15) is 4.98 Å². The number of aromatic amines is 1. The van der Waals surface area contributed by atoms with Crippen LogP contribution in [0.15, 0.2) is 53.6 Å². The molecule has 3 heterocycles. The Morgan fingerprint density at radius 2 is 1.90 bits per heavy atom. The number of imidazole rings is 1. The van der Waals surface area contributed by atoms with Crippen molar-refractivity contribution in [3.63, 3.8) is 0 Å². The van der Waals surface area contributed by atoms with Gasteiger partial charge in [0.05, 0.1) is 17.4 Å². The van der Waals surface area contributed by atoms with Gasteiger partial charge in [0, 0.05) is 23.5 Å². The number of hydrogen-bond acceptors (Lipinski definition) is 5. The minimum absolute atomic E-state index is 0.480. The van der Waals surface area contributed by atoms with Gasteiger partial charge in [0.1, 0.15) is 0 Å². The second-order valence-corrected chi connectivity index (χ2v) is 4.29. The lowest BCUT2D eigenvalue weighted by Gasteiger charge is -1.94. The molecule has 0 radical (unpaired) electrons. The normalized spacial score (nSPS) is 11.0. The molecule has 0 saturated carbocycles. The van der Waals surface area contributed by atoms with E-state index in [1.807, 2.05) is 30.3 Å². The quantitative estimate of drug-likeness (QED) is 0.601. The van der Waals surface area contributed by atoms with E-state index in [1.165, 1.54) is 0 Å². The van der Waals surface area contributed by atoms with Gasteiger partial charge in [-0.1, -0.05) is 5.16 Å². The molecule has 0 fully saturated rings. The van der Waals surface area contributed by atoms with Gasteiger partial charge in [-0.25, -0.2) is 4.98 Å². The first-order valence-electron chi connectivity index (χ1n) is 6.08. The zero-order chi connectivity index (χ0) is 13.4. The highest BCUT2D eigenvalue weighted by molar-refractivity contribution is 5.79. The Hall–Kier alpha value is -3.02. The van der Waals surface area contributed by atoms with Crippen molar-refractivity contribution in [3.8, 4) is 22.8 Å². The lowest BCUT2D eigenvalue weighted by atomic mass is 10.2. The Kier molecular flexibility index (Phi) is 2.32. The van der Waals surface area contributed by atoms with E-state index in [0.29, 0.717) is 11.7 Å². The molecule has 3 aromatic heterocycles. The van der Waals surface area contributed by atoms with E-state index in [-0.39, 0.29) is 0 Å². The smallest absolute Gasteiger partial charge is 0.258 e. The third-order valence-electron chi connectivity index (χ3n) is 3.03. The van der Waals surface area contributed by atoms with E-state index in [0.717, 1.165) is 22.2 Å². The number of rotatable bonds is 2. The zero-order valence-electron chi connectivity index (χ0n) is 10.3. The van der Waals surface area contributed by atoms with Crippen LogP contribution in [0, 0.1) is 0 Å². The second kappa shape index (κ2) is 4.27. The standard InChI is InChI=1S/C14H9N5O/c1-2-11-12(17-8-16-11)7-10(1)14-18-13(19-20-14)9-3-5-15-6-4-9/h1-8H,(H,16,17). The first kappa shape index (κ1) is 10.9. The van der Waals surface area contributed by atoms with Gasteiger partial charge in [0.2, 0.25) is 5.82 Å². The van der Waals surface area contributed by atoms with E-state index < -0.39 is 0 Å². The predicted molar refractivity (Wildman–Crippen MR) is 72.6 cm³/mol. The van der Waals surface area contributed by atoms with Crippen LogP contribution in [0.1, 0.15) is 0 Å². The highest BCUT2D eigenvalue weighted by Crippen LogP contribution is 2.24. The van der Waals surface area contributed by atoms with Gasteiger partial charge in [-0.05, 0) is 30.3 Å². The average Bonchev–Trinajstić information content (AvgIpc) is 3.16. The molecule has 1 aromatic carbocycles. The fourth-order valence-electron chi connectivity index (χ4n) is 2.03. The maximum Gasteiger partial charge on any atom is 0.258 e. The largest absolute Gasteiger partial charge is 0.345 e. The number of nitrogens with one attached hydrogen (secondary N) is 1. The van der Waals surface area contributed by atoms with Crippen molar-refractivity contribution in [2.24, 2.45) is 0 Å². The van der Waals surface area contributed by atoms with Crippen LogP contribution in [-0.2, 0) is 0 Å². The summed E-state index contributed by atoms with van der Waals surface area (Å²) in [5, 5.41) is 3.99. The van der Waals surface area contributed by atoms with Crippen LogP contribution in [0.25, 0.3) is 33.9 Å². The molecule has 0 aliphatic heterocycles. The van der Waals surface area contributed by atoms with Crippen molar-refractivity contribution in [1.29, 1.82) is 0 Å². The van der Waals surface area contributed by atoms with Crippen molar-refractivity contribution in [1.82, 2.24) is 25.1 Å². The highest BCUT2D eigenvalue weighted by Gasteiger charge is 2.11. The molecule has 4 rings (SSSR count). The Labute approximate surface area is 113 Å². The Balaban J connectivity index is 1.77. The fraction of sp³-hybridized carbons (Fsp3) is 0. The summed E-state index contributed by atoms with van der Waals surface area (Å²) in [6.07, 6.45) is 5.05. The molecule has 1 N–H and O–H groups in total. The van der Waals surface area contributed by atoms with E-state index in [1.54, 1.807) is 18.7 Å². The predicted octanol–water partition coefficient (Wildman–Crippen LogP) is 2.67. The number of benzene rings is 1. The number of aromatic nitrogens is 5. The van der Waals surface area contributed by atoms with Gasteiger partial charge < -0.3 is 9.51 Å². The van der Waals surface area contributed by atoms with Gasteiger partial charge in [-0.15, -0.1) is 0 Å². The van der Waals surface area contributed by atoms with Crippen LogP contribution in [0.4, 0.5) is 0 Å². The Bertz CT molecular complexity index is 865. The second-order valence-electron chi connectivity index (χ2n) is 4.29. The van der Waals surface area contributed by atoms with Crippen molar-refractivity contribution in [3.05, 3.63) is 49.1 Å². The lowest BCUT2D eigenvalue weighted by Crippen LogP contribution is -1.82. The summed E-state index contributed by atoms with van der Waals surface area (Å²) in [6.45, 7) is 0. The molecule has 0 spiro atoms. The van der Waals surface area contributed by atoms with Crippen molar-refractivity contribution >= 4 is 11.0 Å². The molecular formula is C14H9N5O. The van der Waals surface area contributed by atoms with E-state index >= 15 is 0 Å². The molecule has 0 bridgehead atoms. The van der Waals surface area contributed by atoms with Crippen molar-refractivity contribution < 1.29 is 4.52 Å². The summed E-state index contributed by atoms with van der Waals surface area (Å²) >= 11 is 0. The summed E-state index contributed by atoms with van der Waals surface area (Å²) in [5.41, 5.74) is 3.57. The number of pyridine rings is 1. The van der Waals surface area contributed by atoms with Gasteiger partial charge >= 0.3 is 0 Å². The molecule has 0 amide bonds. The monoisotopic (exact) mass is 263 g/mol. The van der Waals surface area contributed by atoms with E-state index in [9.17, 15) is 0 Å². The van der Waals surface area contributed by atoms with Crippen LogP contribution in [0.5, 0.6) is 0 Å². The molecule has 4 aromatic rings. The summed E-state index contributed by atoms with van der Waals surface area (Å²) in [6, 6.07) is 9.44. The molecule has 0 atom stereocenters. The third-order valence-corrected chi connectivity index (χ3v) is 3.03. The van der Waals surface area contributed by atoms with Crippen molar-refractivity contribution in [2.75, 3.05) is 0 Å². The molecule has 0 unspecified atom stereocenters. The molecule has 20 heavy (non-hydrogen) atoms. The van der Waals surface area contributed by atoms with Crippen LogP contribution in [-0.4, -0.2) is 25.1 Å². The van der Waals surface area contributed by atoms with Crippen LogP contribution < -0.4 is 0 Å². The third kappa shape index (κ3) is 1.74. The number of fused-ring (bicyclic) bond motifs is 1. The number of nitrogens with zero attached hydrogens (tertiary/aromatic N) is 4. The molecule has 0 saturated heterocycles. The summed E-state index contributed by atoms with van der Waals surface area (Å²) in [7, 11) is 0. The molecule has 0 aliphatic carbocycles. The van der Waals surface area contributed by atoms with Crippen molar-refractivity contribution in [2.45, 2.75) is 0 Å². The number of hydrogen-bond donors (Lipinski definition) is 1. The zero-order valence-corrected chi connectivity index (χ0v) is 10.3. The SMILES string of the molecule is c1cc(-c2noc(-c3ccc4nc[nH]c4c3)n2)ccn1. The first-order valence-corrected chi connectivity index (χ1v) is 6.08. The molecule has 96 valence electrons. The lowest BCUT2D eigenvalue weighted by molar-refractivity contribution is 0.432. The van der Waals surface area contributed by atoms with Gasteiger partial charge in [0.15, 0.2) is 0 Å². The van der Waals surface area contributed by atoms with Crippen LogP contribution in [0.2, 0.25) is 0 Å². The molecule has 6 nitrogen and oxygen atoms in total. The Morgan fingerprint density at radius 1 is 1.00 bits per heavy atom. The fourth-order valence-corrected chi connectivity index (χ4v) is 2.03. The minimum Gasteiger partial charge on any atom is -0.345 e. The van der Waals surface area contributed by atoms with Gasteiger partial charge in [0.25, 0.3) is 5.89 Å². The topological polar surface area (TPSA) is 80.5 Å². The maximum absolute atomic E-state index is 5.31. The minimum atomic E-state index is 0.480. The molecular weight excluding hydrogens is 254 g/mol. The number of H-pyrrole nitrogens is 1. The first-order chi connectivity index (χ1) is 9.90. The van der Waals surface area contributed by atoms with Gasteiger partial charge in [-0.3, -0.25) is 4.98 Å². The molecule has 6 heteroatoms. The van der Waals surface area contributed by atoms with E-state index in [2.05, 4.69) is 25.1 Å².